The fraction of sp³-hybridized carbons (Fsp3) is 0.312. The number of benzene rings is 1. The second-order valence-corrected chi connectivity index (χ2v) is 4.45. The Balaban J connectivity index is 3.30. The summed E-state index contributed by atoms with van der Waals surface area (Å²) in [6, 6.07) is 4.98. The van der Waals surface area contributed by atoms with Crippen LogP contribution in [0.2, 0.25) is 0 Å². The van der Waals surface area contributed by atoms with E-state index in [-0.39, 0.29) is 12.1 Å². The van der Waals surface area contributed by atoms with E-state index < -0.39 is 17.9 Å². The second-order valence-electron chi connectivity index (χ2n) is 4.45. The molecule has 0 saturated heterocycles. The van der Waals surface area contributed by atoms with Crippen LogP contribution in [0.1, 0.15) is 5.56 Å². The number of hydrogen-bond donors (Lipinski definition) is 1. The van der Waals surface area contributed by atoms with Crippen molar-refractivity contribution in [3.8, 4) is 5.75 Å². The lowest BCUT2D eigenvalue weighted by Crippen LogP contribution is -2.17. The number of ether oxygens (including phenoxy) is 4. The van der Waals surface area contributed by atoms with Crippen molar-refractivity contribution in [2.24, 2.45) is 0 Å². The van der Waals surface area contributed by atoms with Gasteiger partial charge in [-0.1, -0.05) is 12.1 Å². The molecule has 0 fully saturated rings. The molecular weight excluding hydrogens is 318 g/mol. The molecule has 24 heavy (non-hydrogen) atoms. The van der Waals surface area contributed by atoms with E-state index in [0.717, 1.165) is 6.08 Å². The van der Waals surface area contributed by atoms with Crippen LogP contribution < -0.4 is 10.1 Å². The number of esters is 3. The number of methoxy groups -OCH3 is 4. The van der Waals surface area contributed by atoms with Crippen LogP contribution in [-0.2, 0) is 35.0 Å². The van der Waals surface area contributed by atoms with Crippen molar-refractivity contribution in [2.75, 3.05) is 33.8 Å². The van der Waals surface area contributed by atoms with E-state index in [9.17, 15) is 14.4 Å². The highest BCUT2D eigenvalue weighted by Crippen LogP contribution is 2.30. The van der Waals surface area contributed by atoms with E-state index in [4.69, 9.17) is 4.74 Å². The third kappa shape index (κ3) is 5.01. The molecule has 0 atom stereocenters. The summed E-state index contributed by atoms with van der Waals surface area (Å²) in [6.45, 7) is 0. The van der Waals surface area contributed by atoms with Gasteiger partial charge in [-0.25, -0.2) is 9.59 Å². The summed E-state index contributed by atoms with van der Waals surface area (Å²) in [5, 5.41) is 2.77. The van der Waals surface area contributed by atoms with Gasteiger partial charge in [0.15, 0.2) is 0 Å². The van der Waals surface area contributed by atoms with Gasteiger partial charge in [-0.3, -0.25) is 4.79 Å². The van der Waals surface area contributed by atoms with E-state index in [1.165, 1.54) is 28.4 Å². The average Bonchev–Trinajstić information content (AvgIpc) is 2.60. The lowest BCUT2D eigenvalue weighted by Gasteiger charge is -2.16. The Morgan fingerprint density at radius 3 is 2.29 bits per heavy atom. The first kappa shape index (κ1) is 19.0. The van der Waals surface area contributed by atoms with Gasteiger partial charge in [0, 0.05) is 0 Å². The maximum absolute atomic E-state index is 11.9. The van der Waals surface area contributed by atoms with Gasteiger partial charge in [0.2, 0.25) is 0 Å². The fourth-order valence-electron chi connectivity index (χ4n) is 1.83. The van der Waals surface area contributed by atoms with Crippen molar-refractivity contribution in [3.63, 3.8) is 0 Å². The molecule has 8 heteroatoms. The predicted octanol–water partition coefficient (Wildman–Crippen LogP) is 1.05. The maximum Gasteiger partial charge on any atom is 0.354 e. The first-order valence-corrected chi connectivity index (χ1v) is 6.84. The SMILES string of the molecule is COC(=O)/C=C(/Nc1c(CC(=O)OC)cccc1OC)C(=O)OC. The molecule has 0 aliphatic rings. The molecule has 0 bridgehead atoms. The Morgan fingerprint density at radius 2 is 1.75 bits per heavy atom. The topological polar surface area (TPSA) is 100 Å². The van der Waals surface area contributed by atoms with Crippen LogP contribution in [0.15, 0.2) is 30.0 Å². The molecule has 0 radical (unpaired) electrons. The van der Waals surface area contributed by atoms with E-state index >= 15 is 0 Å². The van der Waals surface area contributed by atoms with E-state index in [0.29, 0.717) is 17.0 Å². The highest BCUT2D eigenvalue weighted by molar-refractivity contribution is 5.99. The molecule has 1 rings (SSSR count). The summed E-state index contributed by atoms with van der Waals surface area (Å²) in [5.74, 6) is -1.62. The zero-order valence-electron chi connectivity index (χ0n) is 13.9. The zero-order chi connectivity index (χ0) is 18.1. The molecule has 0 spiro atoms. The molecule has 0 aromatic heterocycles. The van der Waals surface area contributed by atoms with Crippen molar-refractivity contribution in [1.82, 2.24) is 0 Å². The highest BCUT2D eigenvalue weighted by Gasteiger charge is 2.18. The summed E-state index contributed by atoms with van der Waals surface area (Å²) in [7, 11) is 5.06. The number of hydrogen-bond acceptors (Lipinski definition) is 8. The van der Waals surface area contributed by atoms with Crippen molar-refractivity contribution >= 4 is 23.6 Å². The lowest BCUT2D eigenvalue weighted by molar-refractivity contribution is -0.139. The number of para-hydroxylation sites is 1. The first-order chi connectivity index (χ1) is 11.5. The number of carbonyl (C=O) groups is 3. The number of anilines is 1. The monoisotopic (exact) mass is 337 g/mol. The normalized spacial score (nSPS) is 10.6. The fourth-order valence-corrected chi connectivity index (χ4v) is 1.83. The first-order valence-electron chi connectivity index (χ1n) is 6.84. The van der Waals surface area contributed by atoms with Gasteiger partial charge in [0.25, 0.3) is 0 Å². The second kappa shape index (κ2) is 9.19. The van der Waals surface area contributed by atoms with Gasteiger partial charge in [0.05, 0.1) is 46.6 Å². The highest BCUT2D eigenvalue weighted by atomic mass is 16.5. The molecule has 1 aromatic rings. The average molecular weight is 337 g/mol. The van der Waals surface area contributed by atoms with E-state index in [1.807, 2.05) is 0 Å². The van der Waals surface area contributed by atoms with Gasteiger partial charge in [-0.05, 0) is 11.6 Å². The van der Waals surface area contributed by atoms with Gasteiger partial charge < -0.3 is 24.3 Å². The summed E-state index contributed by atoms with van der Waals surface area (Å²) in [5.41, 5.74) is 0.687. The van der Waals surface area contributed by atoms with Gasteiger partial charge in [0.1, 0.15) is 11.4 Å². The van der Waals surface area contributed by atoms with Crippen LogP contribution >= 0.6 is 0 Å². The molecular formula is C16H19NO7. The summed E-state index contributed by atoms with van der Waals surface area (Å²) in [6.07, 6.45) is 0.892. The minimum Gasteiger partial charge on any atom is -0.495 e. The molecule has 1 aromatic carbocycles. The minimum absolute atomic E-state index is 0.0529. The Morgan fingerprint density at radius 1 is 1.04 bits per heavy atom. The summed E-state index contributed by atoms with van der Waals surface area (Å²) in [4.78, 5) is 34.9. The molecule has 8 nitrogen and oxygen atoms in total. The van der Waals surface area contributed by atoms with Gasteiger partial charge >= 0.3 is 17.9 Å². The van der Waals surface area contributed by atoms with Crippen LogP contribution in [0.25, 0.3) is 0 Å². The van der Waals surface area contributed by atoms with E-state index in [2.05, 4.69) is 19.5 Å². The molecule has 1 N–H and O–H groups in total. The molecule has 0 amide bonds. The van der Waals surface area contributed by atoms with Crippen LogP contribution in [-0.4, -0.2) is 46.3 Å². The number of rotatable bonds is 7. The number of carbonyl (C=O) groups excluding carboxylic acids is 3. The third-order valence-electron chi connectivity index (χ3n) is 3.02. The van der Waals surface area contributed by atoms with Gasteiger partial charge in [-0.2, -0.15) is 0 Å². The van der Waals surface area contributed by atoms with Crippen molar-refractivity contribution in [2.45, 2.75) is 6.42 Å². The molecule has 0 saturated carbocycles. The smallest absolute Gasteiger partial charge is 0.354 e. The minimum atomic E-state index is -0.782. The van der Waals surface area contributed by atoms with Gasteiger partial charge in [-0.15, -0.1) is 0 Å². The molecule has 0 aliphatic carbocycles. The molecule has 0 aliphatic heterocycles. The third-order valence-corrected chi connectivity index (χ3v) is 3.02. The Kier molecular flexibility index (Phi) is 7.28. The molecule has 0 unspecified atom stereocenters. The zero-order valence-corrected chi connectivity index (χ0v) is 13.9. The predicted molar refractivity (Wildman–Crippen MR) is 84.5 cm³/mol. The Bertz CT molecular complexity index is 652. The van der Waals surface area contributed by atoms with Crippen molar-refractivity contribution in [3.05, 3.63) is 35.5 Å². The van der Waals surface area contributed by atoms with Crippen LogP contribution in [0.4, 0.5) is 5.69 Å². The maximum atomic E-state index is 11.9. The van der Waals surface area contributed by atoms with E-state index in [1.54, 1.807) is 18.2 Å². The molecule has 0 heterocycles. The van der Waals surface area contributed by atoms with Crippen molar-refractivity contribution in [1.29, 1.82) is 0 Å². The number of nitrogens with one attached hydrogen (secondary N) is 1. The summed E-state index contributed by atoms with van der Waals surface area (Å²) < 4.78 is 19.0. The van der Waals surface area contributed by atoms with Crippen LogP contribution in [0.5, 0.6) is 5.75 Å². The lowest BCUT2D eigenvalue weighted by atomic mass is 10.1. The quantitative estimate of drug-likeness (QED) is 0.448. The summed E-state index contributed by atoms with van der Waals surface area (Å²) >= 11 is 0. The van der Waals surface area contributed by atoms with Crippen molar-refractivity contribution < 1.29 is 33.3 Å². The Labute approximate surface area is 139 Å². The standard InChI is InChI=1S/C16H19NO7/c1-21-12-7-5-6-10(8-13(18)22-2)15(12)17-11(16(20)24-4)9-14(19)23-3/h5-7,9,17H,8H2,1-4H3/b11-9+. The van der Waals surface area contributed by atoms with Crippen LogP contribution in [0.3, 0.4) is 0 Å². The largest absolute Gasteiger partial charge is 0.495 e. The van der Waals surface area contributed by atoms with Crippen LogP contribution in [0, 0.1) is 0 Å². The Hall–Kier alpha value is -3.03. The molecule has 130 valence electrons.